The van der Waals surface area contributed by atoms with Crippen LogP contribution in [0, 0.1) is 12.3 Å². The van der Waals surface area contributed by atoms with Crippen LogP contribution in [0.5, 0.6) is 0 Å². The van der Waals surface area contributed by atoms with Crippen molar-refractivity contribution in [2.75, 3.05) is 18.4 Å². The first-order valence-electron chi connectivity index (χ1n) is 6.73. The van der Waals surface area contributed by atoms with E-state index < -0.39 is 0 Å². The lowest BCUT2D eigenvalue weighted by Gasteiger charge is -2.35. The van der Waals surface area contributed by atoms with Crippen molar-refractivity contribution in [3.8, 4) is 0 Å². The molecule has 0 aliphatic carbocycles. The Kier molecular flexibility index (Phi) is 4.42. The van der Waals surface area contributed by atoms with Gasteiger partial charge >= 0.3 is 0 Å². The number of pyridine rings is 1. The van der Waals surface area contributed by atoms with Gasteiger partial charge in [-0.25, -0.2) is 4.98 Å². The van der Waals surface area contributed by atoms with Crippen molar-refractivity contribution in [1.29, 1.82) is 0 Å². The van der Waals surface area contributed by atoms with Crippen LogP contribution in [0.2, 0.25) is 5.15 Å². The number of hydrogen-bond donors (Lipinski definition) is 2. The van der Waals surface area contributed by atoms with Gasteiger partial charge in [-0.3, -0.25) is 4.79 Å². The molecular weight excluding hydrogens is 262 g/mol. The van der Waals surface area contributed by atoms with Gasteiger partial charge in [0, 0.05) is 0 Å². The standard InChI is InChI=1S/C14H20ClN3O/c1-3-14(6-8-16-9-7-14)13(19)18-11-4-5-12(15)17-10(11)2/h4-5,16H,3,6-9H2,1-2H3,(H,18,19). The van der Waals surface area contributed by atoms with Crippen LogP contribution in [-0.2, 0) is 4.79 Å². The quantitative estimate of drug-likeness (QED) is 0.838. The number of hydrogen-bond acceptors (Lipinski definition) is 3. The normalized spacial score (nSPS) is 18.1. The predicted octanol–water partition coefficient (Wildman–Crippen LogP) is 2.76. The SMILES string of the molecule is CCC1(C(=O)Nc2ccc(Cl)nc2C)CCNCC1. The highest BCUT2D eigenvalue weighted by molar-refractivity contribution is 6.29. The smallest absolute Gasteiger partial charge is 0.230 e. The van der Waals surface area contributed by atoms with Crippen molar-refractivity contribution in [3.05, 3.63) is 23.0 Å². The van der Waals surface area contributed by atoms with Crippen LogP contribution in [0.25, 0.3) is 0 Å². The number of aromatic nitrogens is 1. The summed E-state index contributed by atoms with van der Waals surface area (Å²) in [7, 11) is 0. The summed E-state index contributed by atoms with van der Waals surface area (Å²) in [6.07, 6.45) is 2.63. The van der Waals surface area contributed by atoms with Crippen molar-refractivity contribution in [2.24, 2.45) is 5.41 Å². The molecule has 0 atom stereocenters. The van der Waals surface area contributed by atoms with E-state index in [4.69, 9.17) is 11.6 Å². The average Bonchev–Trinajstić information content (AvgIpc) is 2.42. The van der Waals surface area contributed by atoms with Crippen molar-refractivity contribution < 1.29 is 4.79 Å². The fraction of sp³-hybridized carbons (Fsp3) is 0.571. The lowest BCUT2D eigenvalue weighted by molar-refractivity contribution is -0.127. The summed E-state index contributed by atoms with van der Waals surface area (Å²) in [5.41, 5.74) is 1.25. The third-order valence-corrected chi connectivity index (χ3v) is 4.23. The van der Waals surface area contributed by atoms with E-state index >= 15 is 0 Å². The molecule has 2 N–H and O–H groups in total. The summed E-state index contributed by atoms with van der Waals surface area (Å²) in [6.45, 7) is 5.73. The van der Waals surface area contributed by atoms with Gasteiger partial charge in [-0.2, -0.15) is 0 Å². The summed E-state index contributed by atoms with van der Waals surface area (Å²) in [5, 5.41) is 6.76. The molecule has 1 aliphatic rings. The van der Waals surface area contributed by atoms with E-state index in [0.717, 1.165) is 43.7 Å². The summed E-state index contributed by atoms with van der Waals surface area (Å²) < 4.78 is 0. The van der Waals surface area contributed by atoms with Gasteiger partial charge in [0.2, 0.25) is 5.91 Å². The maximum atomic E-state index is 12.6. The molecule has 0 unspecified atom stereocenters. The molecule has 4 nitrogen and oxygen atoms in total. The van der Waals surface area contributed by atoms with Crippen molar-refractivity contribution in [1.82, 2.24) is 10.3 Å². The maximum Gasteiger partial charge on any atom is 0.230 e. The Labute approximate surface area is 118 Å². The van der Waals surface area contributed by atoms with Crippen LogP contribution < -0.4 is 10.6 Å². The summed E-state index contributed by atoms with van der Waals surface area (Å²) in [5.74, 6) is 0.101. The van der Waals surface area contributed by atoms with Gasteiger partial charge in [-0.15, -0.1) is 0 Å². The number of halogens is 1. The molecule has 19 heavy (non-hydrogen) atoms. The zero-order chi connectivity index (χ0) is 13.9. The molecule has 0 aromatic carbocycles. The molecule has 1 aromatic heterocycles. The van der Waals surface area contributed by atoms with E-state index in [2.05, 4.69) is 22.5 Å². The van der Waals surface area contributed by atoms with Crippen molar-refractivity contribution >= 4 is 23.2 Å². The molecule has 5 heteroatoms. The monoisotopic (exact) mass is 281 g/mol. The molecule has 1 aliphatic heterocycles. The Morgan fingerprint density at radius 3 is 2.74 bits per heavy atom. The molecular formula is C14H20ClN3O. The number of piperidine rings is 1. The highest BCUT2D eigenvalue weighted by Crippen LogP contribution is 2.34. The summed E-state index contributed by atoms with van der Waals surface area (Å²) in [6, 6.07) is 3.51. The van der Waals surface area contributed by atoms with Crippen LogP contribution in [0.3, 0.4) is 0 Å². The second-order valence-corrected chi connectivity index (χ2v) is 5.49. The highest BCUT2D eigenvalue weighted by atomic mass is 35.5. The minimum Gasteiger partial charge on any atom is -0.324 e. The minimum absolute atomic E-state index is 0.101. The second kappa shape index (κ2) is 5.88. The Morgan fingerprint density at radius 1 is 1.47 bits per heavy atom. The predicted molar refractivity (Wildman–Crippen MR) is 77.4 cm³/mol. The molecule has 1 aromatic rings. The first-order chi connectivity index (χ1) is 9.07. The maximum absolute atomic E-state index is 12.6. The number of aryl methyl sites for hydroxylation is 1. The lowest BCUT2D eigenvalue weighted by atomic mass is 9.76. The molecule has 1 saturated heterocycles. The fourth-order valence-corrected chi connectivity index (χ4v) is 2.75. The van der Waals surface area contributed by atoms with E-state index in [9.17, 15) is 4.79 Å². The molecule has 0 spiro atoms. The van der Waals surface area contributed by atoms with Crippen LogP contribution in [-0.4, -0.2) is 24.0 Å². The van der Waals surface area contributed by atoms with Gasteiger partial charge < -0.3 is 10.6 Å². The van der Waals surface area contributed by atoms with Gasteiger partial charge in [-0.1, -0.05) is 18.5 Å². The highest BCUT2D eigenvalue weighted by Gasteiger charge is 2.37. The molecule has 104 valence electrons. The largest absolute Gasteiger partial charge is 0.324 e. The van der Waals surface area contributed by atoms with Crippen LogP contribution >= 0.6 is 11.6 Å². The Balaban J connectivity index is 2.15. The van der Waals surface area contributed by atoms with Crippen molar-refractivity contribution in [2.45, 2.75) is 33.1 Å². The fourth-order valence-electron chi connectivity index (χ4n) is 2.56. The number of nitrogens with one attached hydrogen (secondary N) is 2. The van der Waals surface area contributed by atoms with E-state index in [1.54, 1.807) is 6.07 Å². The molecule has 0 saturated carbocycles. The van der Waals surface area contributed by atoms with Gasteiger partial charge in [0.25, 0.3) is 0 Å². The van der Waals surface area contributed by atoms with Gasteiger partial charge in [-0.05, 0) is 51.4 Å². The van der Waals surface area contributed by atoms with Gasteiger partial charge in [0.05, 0.1) is 16.8 Å². The number of anilines is 1. The molecule has 0 bridgehead atoms. The third kappa shape index (κ3) is 3.07. The van der Waals surface area contributed by atoms with Crippen molar-refractivity contribution in [3.63, 3.8) is 0 Å². The summed E-state index contributed by atoms with van der Waals surface area (Å²) in [4.78, 5) is 16.7. The Bertz CT molecular complexity index is 470. The second-order valence-electron chi connectivity index (χ2n) is 5.10. The first kappa shape index (κ1) is 14.3. The first-order valence-corrected chi connectivity index (χ1v) is 7.10. The Hall–Kier alpha value is -1.13. The van der Waals surface area contributed by atoms with Crippen LogP contribution in [0.4, 0.5) is 5.69 Å². The van der Waals surface area contributed by atoms with E-state index in [1.165, 1.54) is 0 Å². The average molecular weight is 282 g/mol. The number of carbonyl (C=O) groups excluding carboxylic acids is 1. The molecule has 0 radical (unpaired) electrons. The third-order valence-electron chi connectivity index (χ3n) is 4.02. The van der Waals surface area contributed by atoms with Gasteiger partial charge in [0.15, 0.2) is 0 Å². The zero-order valence-corrected chi connectivity index (χ0v) is 12.2. The molecule has 1 fully saturated rings. The summed E-state index contributed by atoms with van der Waals surface area (Å²) >= 11 is 5.82. The number of carbonyl (C=O) groups is 1. The molecule has 1 amide bonds. The van der Waals surface area contributed by atoms with Crippen LogP contribution in [0.15, 0.2) is 12.1 Å². The van der Waals surface area contributed by atoms with Crippen LogP contribution in [0.1, 0.15) is 31.9 Å². The topological polar surface area (TPSA) is 54.0 Å². The zero-order valence-electron chi connectivity index (χ0n) is 11.4. The van der Waals surface area contributed by atoms with Gasteiger partial charge in [0.1, 0.15) is 5.15 Å². The van der Waals surface area contributed by atoms with E-state index in [1.807, 2.05) is 13.0 Å². The van der Waals surface area contributed by atoms with E-state index in [0.29, 0.717) is 5.15 Å². The number of rotatable bonds is 3. The Morgan fingerprint density at radius 2 is 2.16 bits per heavy atom. The lowest BCUT2D eigenvalue weighted by Crippen LogP contribution is -2.44. The minimum atomic E-state index is -0.253. The van der Waals surface area contributed by atoms with E-state index in [-0.39, 0.29) is 11.3 Å². The number of nitrogens with zero attached hydrogens (tertiary/aromatic N) is 1. The number of amides is 1. The molecule has 2 rings (SSSR count). The molecule has 2 heterocycles.